The van der Waals surface area contributed by atoms with Crippen LogP contribution in [0.15, 0.2) is 0 Å². The highest BCUT2D eigenvalue weighted by molar-refractivity contribution is 5.74. The van der Waals surface area contributed by atoms with E-state index >= 15 is 0 Å². The molecule has 0 aromatic rings. The molecule has 0 bridgehead atoms. The molecular weight excluding hydrogens is 684 g/mol. The average Bonchev–Trinajstić information content (AvgIpc) is 2.96. The molecule has 0 aliphatic rings. The van der Waals surface area contributed by atoms with Gasteiger partial charge < -0.3 is 52.4 Å². The topological polar surface area (TPSA) is 52.6 Å². The van der Waals surface area contributed by atoms with Gasteiger partial charge >= 0.3 is 11.9 Å². The number of unbranched alkanes of at least 4 members (excludes halogenated alkanes) is 18. The van der Waals surface area contributed by atoms with Crippen molar-refractivity contribution in [2.75, 3.05) is 54.5 Å². The molecule has 44 heavy (non-hydrogen) atoms. The third-order valence-corrected chi connectivity index (χ3v) is 9.52. The minimum absolute atomic E-state index is 0. The summed E-state index contributed by atoms with van der Waals surface area (Å²) in [6, 6.07) is -0.488. The highest BCUT2D eigenvalue weighted by atomic mass is 79.9. The van der Waals surface area contributed by atoms with Gasteiger partial charge in [0.05, 0.1) is 41.4 Å². The van der Waals surface area contributed by atoms with Crippen LogP contribution in [0.3, 0.4) is 0 Å². The minimum atomic E-state index is -0.244. The van der Waals surface area contributed by atoms with Crippen molar-refractivity contribution in [3.63, 3.8) is 0 Å². The van der Waals surface area contributed by atoms with Gasteiger partial charge in [0.25, 0.3) is 0 Å². The largest absolute Gasteiger partial charge is 1.00 e. The molecule has 0 aromatic carbocycles. The van der Waals surface area contributed by atoms with Gasteiger partial charge in [0, 0.05) is 0 Å². The third-order valence-electron chi connectivity index (χ3n) is 9.52. The molecule has 266 valence electrons. The average molecular weight is 759 g/mol. The normalized spacial score (nSPS) is 13.0. The van der Waals surface area contributed by atoms with Crippen LogP contribution in [0, 0.1) is 0 Å². The molecule has 0 radical (unpaired) electrons. The van der Waals surface area contributed by atoms with Gasteiger partial charge in [-0.15, -0.1) is 0 Å². The maximum absolute atomic E-state index is 12.8. The quantitative estimate of drug-likeness (QED) is 0.0670. The smallest absolute Gasteiger partial charge is 0.364 e. The van der Waals surface area contributed by atoms with Gasteiger partial charge in [-0.05, 0) is 26.7 Å². The van der Waals surface area contributed by atoms with E-state index in [1.54, 1.807) is 0 Å². The fourth-order valence-corrected chi connectivity index (χ4v) is 5.24. The van der Waals surface area contributed by atoms with Gasteiger partial charge in [0.15, 0.2) is 12.1 Å². The SMILES string of the molecule is CCCCCCCCCCCCOC(=O)C(C)[N+](C)(C)CC[N+](C)(C)C(C)C(=O)OCCCCCCCCCCCC.[Br-].[Br-]. The van der Waals surface area contributed by atoms with Crippen LogP contribution in [0.1, 0.15) is 156 Å². The fourth-order valence-electron chi connectivity index (χ4n) is 5.24. The Balaban J connectivity index is -0.00000840. The lowest BCUT2D eigenvalue weighted by Crippen LogP contribution is -3.00. The molecule has 0 aliphatic heterocycles. The van der Waals surface area contributed by atoms with Crippen LogP contribution in [0.25, 0.3) is 0 Å². The van der Waals surface area contributed by atoms with E-state index in [4.69, 9.17) is 9.47 Å². The van der Waals surface area contributed by atoms with Gasteiger partial charge in [-0.1, -0.05) is 129 Å². The van der Waals surface area contributed by atoms with Crippen molar-refractivity contribution in [1.29, 1.82) is 0 Å². The minimum Gasteiger partial charge on any atom is -1.00 e. The Kier molecular flexibility index (Phi) is 33.1. The number of likely N-dealkylation sites (N-methyl/N-ethyl adjacent to an activating group) is 2. The van der Waals surface area contributed by atoms with Gasteiger partial charge in [-0.3, -0.25) is 0 Å². The zero-order valence-corrected chi connectivity index (χ0v) is 33.6. The molecule has 0 aliphatic carbocycles. The molecule has 0 aromatic heterocycles. The number of rotatable bonds is 29. The lowest BCUT2D eigenvalue weighted by molar-refractivity contribution is -0.959. The summed E-state index contributed by atoms with van der Waals surface area (Å²) in [6.45, 7) is 11.0. The zero-order chi connectivity index (χ0) is 31.7. The van der Waals surface area contributed by atoms with Crippen LogP contribution >= 0.6 is 0 Å². The fraction of sp³-hybridized carbons (Fsp3) is 0.944. The summed E-state index contributed by atoms with van der Waals surface area (Å²) in [5, 5.41) is 0. The van der Waals surface area contributed by atoms with E-state index in [1.165, 1.54) is 103 Å². The molecule has 0 spiro atoms. The maximum Gasteiger partial charge on any atom is 0.364 e. The van der Waals surface area contributed by atoms with E-state index in [9.17, 15) is 9.59 Å². The van der Waals surface area contributed by atoms with E-state index in [1.807, 2.05) is 13.8 Å². The lowest BCUT2D eigenvalue weighted by Gasteiger charge is -2.40. The molecule has 0 saturated heterocycles. The first-order valence-electron chi connectivity index (χ1n) is 18.0. The summed E-state index contributed by atoms with van der Waals surface area (Å²) in [6.07, 6.45) is 25.4. The standard InChI is InChI=1S/C36H74N2O4.2BrH/c1-9-11-13-15-17-19-21-23-25-27-31-41-35(39)33(3)37(5,6)29-30-38(7,8)34(4)36(40)42-32-28-26-24-22-20-18-16-14-12-10-2;;/h33-34H,9-32H2,1-8H3;2*1H/q+2;;/p-2. The van der Waals surface area contributed by atoms with E-state index < -0.39 is 0 Å². The molecule has 6 nitrogen and oxygen atoms in total. The van der Waals surface area contributed by atoms with Crippen LogP contribution in [0.2, 0.25) is 0 Å². The first-order valence-corrected chi connectivity index (χ1v) is 18.0. The first-order chi connectivity index (χ1) is 20.0. The number of carbonyl (C=O) groups is 2. The summed E-state index contributed by atoms with van der Waals surface area (Å²) in [7, 11) is 8.34. The maximum atomic E-state index is 12.8. The number of halogens is 2. The van der Waals surface area contributed by atoms with Gasteiger partial charge in [0.2, 0.25) is 0 Å². The van der Waals surface area contributed by atoms with Crippen molar-refractivity contribution in [3.05, 3.63) is 0 Å². The Morgan fingerprint density at radius 3 is 0.932 bits per heavy atom. The first kappa shape index (κ1) is 48.2. The van der Waals surface area contributed by atoms with E-state index in [0.717, 1.165) is 38.8 Å². The summed E-state index contributed by atoms with van der Waals surface area (Å²) in [4.78, 5) is 25.6. The third kappa shape index (κ3) is 25.0. The van der Waals surface area contributed by atoms with Crippen LogP contribution in [0.5, 0.6) is 0 Å². The number of quaternary nitrogens is 2. The van der Waals surface area contributed by atoms with Crippen molar-refractivity contribution in [2.24, 2.45) is 0 Å². The van der Waals surface area contributed by atoms with Crippen molar-refractivity contribution < 1.29 is 62.0 Å². The molecule has 0 heterocycles. The number of hydrogen-bond donors (Lipinski definition) is 0. The van der Waals surface area contributed by atoms with Crippen molar-refractivity contribution >= 4 is 11.9 Å². The highest BCUT2D eigenvalue weighted by Gasteiger charge is 2.37. The van der Waals surface area contributed by atoms with Gasteiger partial charge in [0.1, 0.15) is 13.1 Å². The second-order valence-corrected chi connectivity index (χ2v) is 14.1. The van der Waals surface area contributed by atoms with E-state index in [-0.39, 0.29) is 58.0 Å². The Labute approximate surface area is 295 Å². The lowest BCUT2D eigenvalue weighted by atomic mass is 10.1. The molecule has 8 heteroatoms. The number of hydrogen-bond acceptors (Lipinski definition) is 4. The second kappa shape index (κ2) is 30.2. The Morgan fingerprint density at radius 2 is 0.682 bits per heavy atom. The van der Waals surface area contributed by atoms with Crippen molar-refractivity contribution in [2.45, 2.75) is 168 Å². The predicted octanol–water partition coefficient (Wildman–Crippen LogP) is 2.85. The Morgan fingerprint density at radius 1 is 0.455 bits per heavy atom. The van der Waals surface area contributed by atoms with Crippen molar-refractivity contribution in [1.82, 2.24) is 0 Å². The number of ether oxygens (including phenoxy) is 2. The summed E-state index contributed by atoms with van der Waals surface area (Å²) >= 11 is 0. The number of esters is 2. The van der Waals surface area contributed by atoms with E-state index in [0.29, 0.717) is 22.2 Å². The molecule has 2 atom stereocenters. The Hall–Kier alpha value is -0.180. The van der Waals surface area contributed by atoms with Crippen LogP contribution in [-0.2, 0) is 19.1 Å². The molecule has 0 amide bonds. The van der Waals surface area contributed by atoms with Crippen molar-refractivity contribution in [3.8, 4) is 0 Å². The monoisotopic (exact) mass is 756 g/mol. The summed E-state index contributed by atoms with van der Waals surface area (Å²) in [5.41, 5.74) is 0. The molecule has 0 N–H and O–H groups in total. The second-order valence-electron chi connectivity index (χ2n) is 14.1. The van der Waals surface area contributed by atoms with Crippen LogP contribution in [0.4, 0.5) is 0 Å². The summed E-state index contributed by atoms with van der Waals surface area (Å²) in [5.74, 6) is -0.240. The summed E-state index contributed by atoms with van der Waals surface area (Å²) < 4.78 is 12.4. The number of carbonyl (C=O) groups excluding carboxylic acids is 2. The van der Waals surface area contributed by atoms with E-state index in [2.05, 4.69) is 42.0 Å². The van der Waals surface area contributed by atoms with Gasteiger partial charge in [-0.25, -0.2) is 9.59 Å². The molecule has 0 rings (SSSR count). The van der Waals surface area contributed by atoms with Crippen LogP contribution in [-0.4, -0.2) is 87.5 Å². The molecule has 2 unspecified atom stereocenters. The molecule has 0 saturated carbocycles. The van der Waals surface area contributed by atoms with Gasteiger partial charge in [-0.2, -0.15) is 0 Å². The van der Waals surface area contributed by atoms with Crippen LogP contribution < -0.4 is 34.0 Å². The predicted molar refractivity (Wildman–Crippen MR) is 178 cm³/mol. The molecular formula is C36H74Br2N2O4. The number of nitrogens with zero attached hydrogens (tertiary/aromatic N) is 2. The Bertz CT molecular complexity index is 621. The molecule has 0 fully saturated rings. The zero-order valence-electron chi connectivity index (χ0n) is 30.4. The highest BCUT2D eigenvalue weighted by Crippen LogP contribution is 2.16.